The van der Waals surface area contributed by atoms with Gasteiger partial charge in [-0.25, -0.2) is 4.98 Å². The van der Waals surface area contributed by atoms with Crippen molar-refractivity contribution in [2.45, 2.75) is 38.6 Å². The molecule has 4 nitrogen and oxygen atoms in total. The monoisotopic (exact) mass is 240 g/mol. The second kappa shape index (κ2) is 4.82. The SMILES string of the molecule is Cc1csc(NC2CCCCC2C(=O)O)n1. The van der Waals surface area contributed by atoms with Crippen LogP contribution in [0.4, 0.5) is 5.13 Å². The second-order valence-corrected chi connectivity index (χ2v) is 5.13. The standard InChI is InChI=1S/C11H16N2O2S/c1-7-6-16-11(12-7)13-9-5-3-2-4-8(9)10(14)15/h6,8-9H,2-5H2,1H3,(H,12,13)(H,14,15). The van der Waals surface area contributed by atoms with Crippen molar-refractivity contribution in [3.8, 4) is 0 Å². The predicted molar refractivity (Wildman–Crippen MR) is 63.9 cm³/mol. The number of carboxylic acid groups (broad SMARTS) is 1. The molecule has 1 fully saturated rings. The zero-order valence-corrected chi connectivity index (χ0v) is 10.1. The molecule has 2 unspecified atom stereocenters. The Hall–Kier alpha value is -1.10. The Morgan fingerprint density at radius 3 is 2.94 bits per heavy atom. The van der Waals surface area contributed by atoms with Gasteiger partial charge in [0.05, 0.1) is 11.6 Å². The molecule has 2 rings (SSSR count). The fraction of sp³-hybridized carbons (Fsp3) is 0.636. The van der Waals surface area contributed by atoms with Crippen LogP contribution in [0.15, 0.2) is 5.38 Å². The van der Waals surface area contributed by atoms with Crippen LogP contribution >= 0.6 is 11.3 Å². The minimum absolute atomic E-state index is 0.0387. The fourth-order valence-corrected chi connectivity index (χ4v) is 2.93. The molecule has 88 valence electrons. The van der Waals surface area contributed by atoms with Crippen LogP contribution in [0.2, 0.25) is 0 Å². The normalized spacial score (nSPS) is 25.3. The Kier molecular flexibility index (Phi) is 3.43. The number of hydrogen-bond donors (Lipinski definition) is 2. The lowest BCUT2D eigenvalue weighted by Gasteiger charge is -2.28. The van der Waals surface area contributed by atoms with Crippen LogP contribution in [0.1, 0.15) is 31.4 Å². The molecular formula is C11H16N2O2S. The summed E-state index contributed by atoms with van der Waals surface area (Å²) < 4.78 is 0. The third-order valence-corrected chi connectivity index (χ3v) is 3.90. The van der Waals surface area contributed by atoms with Crippen LogP contribution in [0.25, 0.3) is 0 Å². The number of aromatic nitrogens is 1. The molecule has 0 radical (unpaired) electrons. The van der Waals surface area contributed by atoms with Gasteiger partial charge < -0.3 is 10.4 Å². The topological polar surface area (TPSA) is 62.2 Å². The largest absolute Gasteiger partial charge is 0.481 e. The van der Waals surface area contributed by atoms with Crippen LogP contribution in [0.3, 0.4) is 0 Å². The molecule has 0 bridgehead atoms. The van der Waals surface area contributed by atoms with Gasteiger partial charge in [-0.2, -0.15) is 0 Å². The van der Waals surface area contributed by atoms with Gasteiger partial charge in [-0.3, -0.25) is 4.79 Å². The molecule has 2 N–H and O–H groups in total. The van der Waals surface area contributed by atoms with Crippen LogP contribution in [-0.4, -0.2) is 22.1 Å². The molecular weight excluding hydrogens is 224 g/mol. The van der Waals surface area contributed by atoms with E-state index in [-0.39, 0.29) is 12.0 Å². The van der Waals surface area contributed by atoms with Gasteiger partial charge in [0, 0.05) is 11.4 Å². The minimum Gasteiger partial charge on any atom is -0.481 e. The number of nitrogens with zero attached hydrogens (tertiary/aromatic N) is 1. The summed E-state index contributed by atoms with van der Waals surface area (Å²) in [5.74, 6) is -0.955. The van der Waals surface area contributed by atoms with Crippen LogP contribution in [0, 0.1) is 12.8 Å². The quantitative estimate of drug-likeness (QED) is 0.852. The van der Waals surface area contributed by atoms with E-state index in [2.05, 4.69) is 10.3 Å². The molecule has 1 aliphatic rings. The second-order valence-electron chi connectivity index (χ2n) is 4.27. The van der Waals surface area contributed by atoms with Crippen LogP contribution < -0.4 is 5.32 Å². The van der Waals surface area contributed by atoms with Crippen molar-refractivity contribution in [1.82, 2.24) is 4.98 Å². The van der Waals surface area contributed by atoms with Crippen LogP contribution in [0.5, 0.6) is 0 Å². The summed E-state index contributed by atoms with van der Waals surface area (Å²) in [6, 6.07) is 0.0387. The van der Waals surface area contributed by atoms with E-state index in [0.29, 0.717) is 0 Å². The molecule has 0 aliphatic heterocycles. The van der Waals surface area contributed by atoms with Gasteiger partial charge in [-0.1, -0.05) is 12.8 Å². The highest BCUT2D eigenvalue weighted by atomic mass is 32.1. The molecule has 1 saturated carbocycles. The molecule has 0 spiro atoms. The molecule has 0 amide bonds. The number of aryl methyl sites for hydroxylation is 1. The van der Waals surface area contributed by atoms with Crippen LogP contribution in [-0.2, 0) is 4.79 Å². The highest BCUT2D eigenvalue weighted by molar-refractivity contribution is 7.13. The van der Waals surface area contributed by atoms with Gasteiger partial charge in [0.1, 0.15) is 0 Å². The van der Waals surface area contributed by atoms with Gasteiger partial charge in [0.2, 0.25) is 0 Å². The van der Waals surface area contributed by atoms with E-state index in [1.165, 1.54) is 0 Å². The Bertz CT molecular complexity index is 378. The number of thiazole rings is 1. The van der Waals surface area contributed by atoms with Crippen molar-refractivity contribution >= 4 is 22.4 Å². The lowest BCUT2D eigenvalue weighted by Crippen LogP contribution is -2.37. The zero-order chi connectivity index (χ0) is 11.5. The number of carboxylic acids is 1. The number of hydrogen-bond acceptors (Lipinski definition) is 4. The number of rotatable bonds is 3. The summed E-state index contributed by atoms with van der Waals surface area (Å²) in [7, 11) is 0. The first kappa shape index (κ1) is 11.4. The van der Waals surface area contributed by atoms with Crippen molar-refractivity contribution < 1.29 is 9.90 Å². The first-order chi connectivity index (χ1) is 7.66. The van der Waals surface area contributed by atoms with Gasteiger partial charge >= 0.3 is 5.97 Å². The van der Waals surface area contributed by atoms with E-state index >= 15 is 0 Å². The van der Waals surface area contributed by atoms with E-state index < -0.39 is 5.97 Å². The van der Waals surface area contributed by atoms with Gasteiger partial charge in [0.15, 0.2) is 5.13 Å². The molecule has 1 aromatic rings. The van der Waals surface area contributed by atoms with E-state index in [9.17, 15) is 4.79 Å². The van der Waals surface area contributed by atoms with Crippen molar-refractivity contribution in [2.24, 2.45) is 5.92 Å². The third kappa shape index (κ3) is 2.52. The average molecular weight is 240 g/mol. The number of aliphatic carboxylic acids is 1. The van der Waals surface area contributed by atoms with Crippen molar-refractivity contribution in [3.05, 3.63) is 11.1 Å². The predicted octanol–water partition coefficient (Wildman–Crippen LogP) is 2.51. The molecule has 2 atom stereocenters. The van der Waals surface area contributed by atoms with Crippen molar-refractivity contribution in [2.75, 3.05) is 5.32 Å². The highest BCUT2D eigenvalue weighted by Crippen LogP contribution is 2.28. The number of carbonyl (C=O) groups is 1. The molecule has 1 aromatic heterocycles. The van der Waals surface area contributed by atoms with Crippen molar-refractivity contribution in [1.29, 1.82) is 0 Å². The maximum atomic E-state index is 11.1. The van der Waals surface area contributed by atoms with Gasteiger partial charge in [-0.15, -0.1) is 11.3 Å². The average Bonchev–Trinajstić information content (AvgIpc) is 2.64. The van der Waals surface area contributed by atoms with E-state index in [1.54, 1.807) is 11.3 Å². The summed E-state index contributed by atoms with van der Waals surface area (Å²) in [6.07, 6.45) is 3.82. The molecule has 5 heteroatoms. The number of anilines is 1. The zero-order valence-electron chi connectivity index (χ0n) is 9.27. The highest BCUT2D eigenvalue weighted by Gasteiger charge is 2.31. The van der Waals surface area contributed by atoms with E-state index in [1.807, 2.05) is 12.3 Å². The summed E-state index contributed by atoms with van der Waals surface area (Å²) in [6.45, 7) is 1.94. The maximum Gasteiger partial charge on any atom is 0.308 e. The molecule has 1 heterocycles. The molecule has 16 heavy (non-hydrogen) atoms. The first-order valence-electron chi connectivity index (χ1n) is 5.58. The van der Waals surface area contributed by atoms with Gasteiger partial charge in [-0.05, 0) is 19.8 Å². The van der Waals surface area contributed by atoms with E-state index in [0.717, 1.165) is 36.5 Å². The Labute approximate surface area is 98.7 Å². The summed E-state index contributed by atoms with van der Waals surface area (Å²) >= 11 is 1.54. The minimum atomic E-state index is -0.689. The molecule has 0 aromatic carbocycles. The lowest BCUT2D eigenvalue weighted by atomic mass is 9.85. The lowest BCUT2D eigenvalue weighted by molar-refractivity contribution is -0.143. The number of nitrogens with one attached hydrogen (secondary N) is 1. The first-order valence-corrected chi connectivity index (χ1v) is 6.46. The Balaban J connectivity index is 2.03. The summed E-state index contributed by atoms with van der Waals surface area (Å²) in [5, 5.41) is 15.2. The van der Waals surface area contributed by atoms with Gasteiger partial charge in [0.25, 0.3) is 0 Å². The van der Waals surface area contributed by atoms with Crippen molar-refractivity contribution in [3.63, 3.8) is 0 Å². The fourth-order valence-electron chi connectivity index (χ4n) is 2.18. The van der Waals surface area contributed by atoms with E-state index in [4.69, 9.17) is 5.11 Å². The Morgan fingerprint density at radius 1 is 1.56 bits per heavy atom. The third-order valence-electron chi connectivity index (χ3n) is 3.01. The maximum absolute atomic E-state index is 11.1. The summed E-state index contributed by atoms with van der Waals surface area (Å²) in [4.78, 5) is 15.4. The Morgan fingerprint density at radius 2 is 2.31 bits per heavy atom. The summed E-state index contributed by atoms with van der Waals surface area (Å²) in [5.41, 5.74) is 0.982. The molecule has 1 aliphatic carbocycles. The molecule has 0 saturated heterocycles. The smallest absolute Gasteiger partial charge is 0.308 e.